The number of aromatic nitrogens is 3. The van der Waals surface area contributed by atoms with Crippen molar-refractivity contribution in [1.29, 1.82) is 0 Å². The highest BCUT2D eigenvalue weighted by atomic mass is 32.2. The van der Waals surface area contributed by atoms with Gasteiger partial charge >= 0.3 is 0 Å². The summed E-state index contributed by atoms with van der Waals surface area (Å²) >= 11 is 0. The number of hydrogen-bond acceptors (Lipinski definition) is 6. The summed E-state index contributed by atoms with van der Waals surface area (Å²) in [6.45, 7) is 0. The van der Waals surface area contributed by atoms with E-state index in [4.69, 9.17) is 4.52 Å². The van der Waals surface area contributed by atoms with Crippen molar-refractivity contribution in [3.8, 4) is 22.8 Å². The predicted molar refractivity (Wildman–Crippen MR) is 100 cm³/mol. The van der Waals surface area contributed by atoms with Crippen LogP contribution in [-0.4, -0.2) is 23.5 Å². The molecule has 0 fully saturated rings. The fraction of sp³-hybridized carbons (Fsp3) is 0. The largest absolute Gasteiger partial charge is 0.334 e. The third kappa shape index (κ3) is 3.74. The van der Waals surface area contributed by atoms with Gasteiger partial charge in [0.2, 0.25) is 5.82 Å². The van der Waals surface area contributed by atoms with Gasteiger partial charge in [-0.1, -0.05) is 5.16 Å². The predicted octanol–water partition coefficient (Wildman–Crippen LogP) is 3.74. The Bertz CT molecular complexity index is 1190. The molecule has 0 unspecified atom stereocenters. The summed E-state index contributed by atoms with van der Waals surface area (Å²) in [7, 11) is -3.81. The van der Waals surface area contributed by atoms with Crippen molar-refractivity contribution >= 4 is 15.7 Å². The Balaban J connectivity index is 1.53. The highest BCUT2D eigenvalue weighted by Crippen LogP contribution is 2.24. The Kier molecular flexibility index (Phi) is 4.58. The van der Waals surface area contributed by atoms with Gasteiger partial charge < -0.3 is 4.52 Å². The van der Waals surface area contributed by atoms with Crippen LogP contribution in [-0.2, 0) is 10.0 Å². The molecule has 0 spiro atoms. The lowest BCUT2D eigenvalue weighted by atomic mass is 10.2. The van der Waals surface area contributed by atoms with E-state index in [1.165, 1.54) is 12.1 Å². The molecule has 140 valence electrons. The summed E-state index contributed by atoms with van der Waals surface area (Å²) in [5.74, 6) is 0.229. The third-order valence-electron chi connectivity index (χ3n) is 3.87. The molecule has 9 heteroatoms. The Labute approximate surface area is 159 Å². The first-order chi connectivity index (χ1) is 13.5. The first-order valence-electron chi connectivity index (χ1n) is 8.14. The molecule has 2 heterocycles. The highest BCUT2D eigenvalue weighted by Gasteiger charge is 2.15. The molecule has 0 bridgehead atoms. The molecule has 0 amide bonds. The van der Waals surface area contributed by atoms with Gasteiger partial charge in [0.15, 0.2) is 0 Å². The van der Waals surface area contributed by atoms with Crippen LogP contribution in [0, 0.1) is 5.82 Å². The van der Waals surface area contributed by atoms with Gasteiger partial charge in [0, 0.05) is 29.2 Å². The fourth-order valence-electron chi connectivity index (χ4n) is 2.47. The van der Waals surface area contributed by atoms with Gasteiger partial charge in [0.05, 0.1) is 4.90 Å². The summed E-state index contributed by atoms with van der Waals surface area (Å²) < 4.78 is 45.4. The summed E-state index contributed by atoms with van der Waals surface area (Å²) in [6, 6.07) is 14.6. The van der Waals surface area contributed by atoms with E-state index in [9.17, 15) is 12.8 Å². The second-order valence-electron chi connectivity index (χ2n) is 5.80. The number of pyridine rings is 1. The van der Waals surface area contributed by atoms with Crippen molar-refractivity contribution in [3.63, 3.8) is 0 Å². The van der Waals surface area contributed by atoms with Crippen LogP contribution in [0.4, 0.5) is 10.1 Å². The Morgan fingerprint density at radius 3 is 2.21 bits per heavy atom. The molecule has 0 aliphatic heterocycles. The number of benzene rings is 2. The maximum Gasteiger partial charge on any atom is 0.261 e. The van der Waals surface area contributed by atoms with E-state index < -0.39 is 15.8 Å². The zero-order chi connectivity index (χ0) is 19.6. The van der Waals surface area contributed by atoms with Crippen LogP contribution in [0.2, 0.25) is 0 Å². The van der Waals surface area contributed by atoms with Gasteiger partial charge in [-0.2, -0.15) is 4.98 Å². The lowest BCUT2D eigenvalue weighted by molar-refractivity contribution is 0.432. The number of nitrogens with one attached hydrogen (secondary N) is 1. The minimum Gasteiger partial charge on any atom is -0.334 e. The van der Waals surface area contributed by atoms with E-state index in [0.29, 0.717) is 23.0 Å². The van der Waals surface area contributed by atoms with Crippen molar-refractivity contribution in [3.05, 3.63) is 78.9 Å². The zero-order valence-corrected chi connectivity index (χ0v) is 15.1. The van der Waals surface area contributed by atoms with E-state index in [2.05, 4.69) is 19.8 Å². The molecule has 4 rings (SSSR count). The molecule has 0 atom stereocenters. The van der Waals surface area contributed by atoms with Crippen LogP contribution in [0.3, 0.4) is 0 Å². The average molecular weight is 396 g/mol. The van der Waals surface area contributed by atoms with Gasteiger partial charge in [0.25, 0.3) is 15.9 Å². The average Bonchev–Trinajstić information content (AvgIpc) is 3.19. The summed E-state index contributed by atoms with van der Waals surface area (Å²) in [5, 5.41) is 3.94. The SMILES string of the molecule is O=S(=O)(Nc1ccc(-c2noc(-c3ccncc3)n2)cc1)c1ccc(F)cc1. The van der Waals surface area contributed by atoms with Gasteiger partial charge in [0.1, 0.15) is 5.82 Å². The molecule has 0 saturated carbocycles. The monoisotopic (exact) mass is 396 g/mol. The fourth-order valence-corrected chi connectivity index (χ4v) is 3.53. The topological polar surface area (TPSA) is 98.0 Å². The Hall–Kier alpha value is -3.59. The van der Waals surface area contributed by atoms with Crippen LogP contribution >= 0.6 is 0 Å². The molecule has 0 aliphatic carbocycles. The van der Waals surface area contributed by atoms with Crippen LogP contribution in [0.1, 0.15) is 0 Å². The molecular formula is C19H13FN4O3S. The van der Waals surface area contributed by atoms with E-state index in [1.807, 2.05) is 0 Å². The molecule has 28 heavy (non-hydrogen) atoms. The van der Waals surface area contributed by atoms with Gasteiger partial charge in [-0.15, -0.1) is 0 Å². The van der Waals surface area contributed by atoms with E-state index in [-0.39, 0.29) is 4.90 Å². The van der Waals surface area contributed by atoms with Crippen molar-refractivity contribution in [2.24, 2.45) is 0 Å². The highest BCUT2D eigenvalue weighted by molar-refractivity contribution is 7.92. The maximum absolute atomic E-state index is 13.0. The number of halogens is 1. The van der Waals surface area contributed by atoms with Crippen LogP contribution in [0.5, 0.6) is 0 Å². The second-order valence-corrected chi connectivity index (χ2v) is 7.48. The normalized spacial score (nSPS) is 11.3. The molecule has 2 aromatic carbocycles. The lowest BCUT2D eigenvalue weighted by Gasteiger charge is -2.08. The molecule has 7 nitrogen and oxygen atoms in total. The standard InChI is InChI=1S/C19H13FN4O3S/c20-15-3-7-17(8-4-15)28(25,26)24-16-5-1-13(2-6-16)18-22-19(27-23-18)14-9-11-21-12-10-14/h1-12,24H. The third-order valence-corrected chi connectivity index (χ3v) is 5.27. The van der Waals surface area contributed by atoms with Crippen molar-refractivity contribution in [2.75, 3.05) is 4.72 Å². The van der Waals surface area contributed by atoms with E-state index in [0.717, 1.165) is 17.7 Å². The van der Waals surface area contributed by atoms with Crippen LogP contribution in [0.15, 0.2) is 82.5 Å². The van der Waals surface area contributed by atoms with Crippen molar-refractivity contribution in [1.82, 2.24) is 15.1 Å². The molecular weight excluding hydrogens is 383 g/mol. The summed E-state index contributed by atoms with van der Waals surface area (Å²) in [6.07, 6.45) is 3.25. The zero-order valence-electron chi connectivity index (χ0n) is 14.3. The molecule has 2 aromatic heterocycles. The quantitative estimate of drug-likeness (QED) is 0.552. The number of nitrogens with zero attached hydrogens (tertiary/aromatic N) is 3. The molecule has 1 N–H and O–H groups in total. The molecule has 4 aromatic rings. The van der Waals surface area contributed by atoms with Crippen molar-refractivity contribution in [2.45, 2.75) is 4.90 Å². The maximum atomic E-state index is 13.0. The van der Waals surface area contributed by atoms with Crippen LogP contribution in [0.25, 0.3) is 22.8 Å². The van der Waals surface area contributed by atoms with E-state index in [1.54, 1.807) is 48.8 Å². The van der Waals surface area contributed by atoms with Gasteiger partial charge in [-0.25, -0.2) is 12.8 Å². The minimum absolute atomic E-state index is 0.0295. The summed E-state index contributed by atoms with van der Waals surface area (Å²) in [5.41, 5.74) is 1.76. The smallest absolute Gasteiger partial charge is 0.261 e. The Morgan fingerprint density at radius 2 is 1.54 bits per heavy atom. The number of rotatable bonds is 5. The number of sulfonamides is 1. The minimum atomic E-state index is -3.81. The molecule has 0 aliphatic rings. The molecule has 0 radical (unpaired) electrons. The van der Waals surface area contributed by atoms with E-state index >= 15 is 0 Å². The molecule has 0 saturated heterocycles. The first-order valence-corrected chi connectivity index (χ1v) is 9.62. The number of hydrogen-bond donors (Lipinski definition) is 1. The van der Waals surface area contributed by atoms with Gasteiger partial charge in [-0.3, -0.25) is 9.71 Å². The summed E-state index contributed by atoms with van der Waals surface area (Å²) in [4.78, 5) is 8.24. The number of anilines is 1. The Morgan fingerprint density at radius 1 is 0.857 bits per heavy atom. The lowest BCUT2D eigenvalue weighted by Crippen LogP contribution is -2.12. The second kappa shape index (κ2) is 7.20. The van der Waals surface area contributed by atoms with Gasteiger partial charge in [-0.05, 0) is 60.7 Å². The van der Waals surface area contributed by atoms with Crippen molar-refractivity contribution < 1.29 is 17.3 Å². The van der Waals surface area contributed by atoms with Crippen LogP contribution < -0.4 is 4.72 Å². The first kappa shape index (κ1) is 17.8.